The number of aromatic nitrogens is 4. The fraction of sp³-hybridized carbons (Fsp3) is 0.273. The van der Waals surface area contributed by atoms with Crippen LogP contribution in [0.3, 0.4) is 0 Å². The summed E-state index contributed by atoms with van der Waals surface area (Å²) < 4.78 is 18.1. The SMILES string of the molecule is Fc1ccc(Nc2nc3nonc3nc2N2CCC(Cc3ccccc3)CC2)cc1. The van der Waals surface area contributed by atoms with Crippen molar-refractivity contribution in [3.05, 3.63) is 66.0 Å². The molecule has 0 bridgehead atoms. The topological polar surface area (TPSA) is 80.0 Å². The summed E-state index contributed by atoms with van der Waals surface area (Å²) >= 11 is 0. The molecule has 0 radical (unpaired) electrons. The number of nitrogens with one attached hydrogen (secondary N) is 1. The molecule has 4 aromatic rings. The average molecular weight is 404 g/mol. The molecule has 0 unspecified atom stereocenters. The summed E-state index contributed by atoms with van der Waals surface area (Å²) in [5.41, 5.74) is 2.81. The van der Waals surface area contributed by atoms with E-state index in [2.05, 4.69) is 60.8 Å². The van der Waals surface area contributed by atoms with Crippen molar-refractivity contribution < 1.29 is 9.02 Å². The molecule has 1 fully saturated rings. The third kappa shape index (κ3) is 3.94. The van der Waals surface area contributed by atoms with Gasteiger partial charge in [0.1, 0.15) is 5.82 Å². The second kappa shape index (κ2) is 8.06. The van der Waals surface area contributed by atoms with Crippen LogP contribution in [-0.4, -0.2) is 33.4 Å². The molecule has 152 valence electrons. The molecule has 2 aromatic carbocycles. The molecule has 0 atom stereocenters. The lowest BCUT2D eigenvalue weighted by molar-refractivity contribution is 0.314. The smallest absolute Gasteiger partial charge is 0.245 e. The van der Waals surface area contributed by atoms with Crippen LogP contribution in [-0.2, 0) is 6.42 Å². The van der Waals surface area contributed by atoms with Crippen LogP contribution in [0.4, 0.5) is 21.7 Å². The maximum atomic E-state index is 13.3. The molecule has 0 amide bonds. The van der Waals surface area contributed by atoms with Crippen LogP contribution < -0.4 is 10.2 Å². The monoisotopic (exact) mass is 404 g/mol. The van der Waals surface area contributed by atoms with Crippen LogP contribution in [0.15, 0.2) is 59.2 Å². The van der Waals surface area contributed by atoms with Gasteiger partial charge in [-0.25, -0.2) is 19.0 Å². The number of benzene rings is 2. The van der Waals surface area contributed by atoms with E-state index >= 15 is 0 Å². The van der Waals surface area contributed by atoms with E-state index < -0.39 is 0 Å². The number of anilines is 3. The summed E-state index contributed by atoms with van der Waals surface area (Å²) in [6.07, 6.45) is 3.23. The quantitative estimate of drug-likeness (QED) is 0.529. The predicted octanol–water partition coefficient (Wildman–Crippen LogP) is 4.35. The van der Waals surface area contributed by atoms with Gasteiger partial charge in [-0.3, -0.25) is 0 Å². The lowest BCUT2D eigenvalue weighted by atomic mass is 9.90. The minimum absolute atomic E-state index is 0.288. The number of hydrogen-bond donors (Lipinski definition) is 1. The Morgan fingerprint density at radius 2 is 1.63 bits per heavy atom. The van der Waals surface area contributed by atoms with Gasteiger partial charge in [-0.05, 0) is 65.3 Å². The number of nitrogens with zero attached hydrogens (tertiary/aromatic N) is 5. The third-order valence-electron chi connectivity index (χ3n) is 5.48. The first-order valence-electron chi connectivity index (χ1n) is 10.1. The Balaban J connectivity index is 1.36. The molecule has 3 heterocycles. The molecular weight excluding hydrogens is 383 g/mol. The van der Waals surface area contributed by atoms with Crippen LogP contribution in [0.5, 0.6) is 0 Å². The molecule has 1 aliphatic heterocycles. The molecule has 5 rings (SSSR count). The minimum atomic E-state index is -0.288. The van der Waals surface area contributed by atoms with Crippen molar-refractivity contribution in [1.29, 1.82) is 0 Å². The Morgan fingerprint density at radius 3 is 2.37 bits per heavy atom. The molecule has 7 nitrogen and oxygen atoms in total. The minimum Gasteiger partial charge on any atom is -0.353 e. The van der Waals surface area contributed by atoms with Crippen LogP contribution in [0.2, 0.25) is 0 Å². The Bertz CT molecular complexity index is 1120. The van der Waals surface area contributed by atoms with Crippen LogP contribution in [0.25, 0.3) is 11.3 Å². The summed E-state index contributed by atoms with van der Waals surface area (Å²) in [7, 11) is 0. The summed E-state index contributed by atoms with van der Waals surface area (Å²) in [6.45, 7) is 1.75. The van der Waals surface area contributed by atoms with E-state index in [1.54, 1.807) is 12.1 Å². The Hall–Kier alpha value is -3.55. The standard InChI is InChI=1S/C22H21FN6O/c23-17-6-8-18(9-7-17)24-21-22(26-20-19(25-21)27-30-28-20)29-12-10-16(11-13-29)14-15-4-2-1-3-5-15/h1-9,16H,10-14H2,(H,24,25,27). The third-order valence-corrected chi connectivity index (χ3v) is 5.48. The first-order chi connectivity index (χ1) is 14.7. The van der Waals surface area contributed by atoms with Gasteiger partial charge in [0.25, 0.3) is 0 Å². The highest BCUT2D eigenvalue weighted by Gasteiger charge is 2.24. The van der Waals surface area contributed by atoms with Gasteiger partial charge in [-0.2, -0.15) is 0 Å². The van der Waals surface area contributed by atoms with Gasteiger partial charge >= 0.3 is 0 Å². The zero-order valence-electron chi connectivity index (χ0n) is 16.3. The number of fused-ring (bicyclic) bond motifs is 1. The number of piperidine rings is 1. The zero-order valence-corrected chi connectivity index (χ0v) is 16.3. The van der Waals surface area contributed by atoms with Gasteiger partial charge < -0.3 is 10.2 Å². The predicted molar refractivity (Wildman–Crippen MR) is 112 cm³/mol. The maximum absolute atomic E-state index is 13.3. The summed E-state index contributed by atoms with van der Waals surface area (Å²) in [5.74, 6) is 1.62. The van der Waals surface area contributed by atoms with E-state index in [-0.39, 0.29) is 5.82 Å². The molecular formula is C22H21FN6O. The Morgan fingerprint density at radius 1 is 0.933 bits per heavy atom. The lowest BCUT2D eigenvalue weighted by Crippen LogP contribution is -2.35. The van der Waals surface area contributed by atoms with Gasteiger partial charge in [0.15, 0.2) is 11.6 Å². The second-order valence-corrected chi connectivity index (χ2v) is 7.56. The van der Waals surface area contributed by atoms with Crippen LogP contribution in [0, 0.1) is 11.7 Å². The first kappa shape index (κ1) is 18.5. The van der Waals surface area contributed by atoms with Crippen molar-refractivity contribution in [2.24, 2.45) is 5.92 Å². The fourth-order valence-electron chi connectivity index (χ4n) is 3.90. The van der Waals surface area contributed by atoms with Crippen LogP contribution >= 0.6 is 0 Å². The van der Waals surface area contributed by atoms with E-state index in [0.29, 0.717) is 28.8 Å². The van der Waals surface area contributed by atoms with Gasteiger partial charge in [0.05, 0.1) is 0 Å². The molecule has 0 aliphatic carbocycles. The summed E-state index contributed by atoms with van der Waals surface area (Å²) in [5, 5.41) is 10.9. The molecule has 0 saturated carbocycles. The van der Waals surface area contributed by atoms with Crippen LogP contribution in [0.1, 0.15) is 18.4 Å². The van der Waals surface area contributed by atoms with E-state index in [1.807, 2.05) is 0 Å². The molecule has 8 heteroatoms. The fourth-order valence-corrected chi connectivity index (χ4v) is 3.90. The lowest BCUT2D eigenvalue weighted by Gasteiger charge is -2.33. The number of hydrogen-bond acceptors (Lipinski definition) is 7. The van der Waals surface area contributed by atoms with Gasteiger partial charge in [-0.1, -0.05) is 30.3 Å². The van der Waals surface area contributed by atoms with E-state index in [9.17, 15) is 4.39 Å². The van der Waals surface area contributed by atoms with Crippen molar-refractivity contribution in [3.8, 4) is 0 Å². The molecule has 1 aliphatic rings. The normalized spacial score (nSPS) is 14.9. The highest BCUT2D eigenvalue weighted by molar-refractivity contribution is 5.77. The van der Waals surface area contributed by atoms with Gasteiger partial charge in [0, 0.05) is 18.8 Å². The summed E-state index contributed by atoms with van der Waals surface area (Å²) in [6, 6.07) is 16.7. The second-order valence-electron chi connectivity index (χ2n) is 7.56. The van der Waals surface area contributed by atoms with E-state index in [4.69, 9.17) is 4.63 Å². The first-order valence-corrected chi connectivity index (χ1v) is 10.1. The van der Waals surface area contributed by atoms with Gasteiger partial charge in [0.2, 0.25) is 11.3 Å². The van der Waals surface area contributed by atoms with Gasteiger partial charge in [-0.15, -0.1) is 0 Å². The average Bonchev–Trinajstić information content (AvgIpc) is 3.24. The largest absolute Gasteiger partial charge is 0.353 e. The van der Waals surface area contributed by atoms with E-state index in [0.717, 1.165) is 38.0 Å². The molecule has 1 N–H and O–H groups in total. The zero-order chi connectivity index (χ0) is 20.3. The highest BCUT2D eigenvalue weighted by Crippen LogP contribution is 2.31. The molecule has 1 saturated heterocycles. The summed E-state index contributed by atoms with van der Waals surface area (Å²) in [4.78, 5) is 11.4. The molecule has 2 aromatic heterocycles. The van der Waals surface area contributed by atoms with Crippen molar-refractivity contribution in [3.63, 3.8) is 0 Å². The molecule has 30 heavy (non-hydrogen) atoms. The highest BCUT2D eigenvalue weighted by atomic mass is 19.1. The Kier molecular flexibility index (Phi) is 4.96. The van der Waals surface area contributed by atoms with Crippen molar-refractivity contribution in [2.45, 2.75) is 19.3 Å². The maximum Gasteiger partial charge on any atom is 0.245 e. The van der Waals surface area contributed by atoms with Crippen molar-refractivity contribution in [2.75, 3.05) is 23.3 Å². The van der Waals surface area contributed by atoms with E-state index in [1.165, 1.54) is 17.7 Å². The number of rotatable bonds is 5. The molecule has 0 spiro atoms. The number of halogens is 1. The van der Waals surface area contributed by atoms with Crippen molar-refractivity contribution in [1.82, 2.24) is 20.3 Å². The Labute approximate surface area is 172 Å². The van der Waals surface area contributed by atoms with Crippen molar-refractivity contribution >= 4 is 28.6 Å².